The van der Waals surface area contributed by atoms with Crippen molar-refractivity contribution in [1.82, 2.24) is 0 Å². The summed E-state index contributed by atoms with van der Waals surface area (Å²) in [6, 6.07) is 13.0. The maximum atomic E-state index is 5.68. The Hall–Kier alpha value is -0.800. The molecule has 1 nitrogen and oxygen atoms in total. The van der Waals surface area contributed by atoms with Crippen molar-refractivity contribution in [3.63, 3.8) is 0 Å². The highest BCUT2D eigenvalue weighted by Crippen LogP contribution is 2.36. The lowest BCUT2D eigenvalue weighted by atomic mass is 9.97. The number of alkyl halides is 1. The molecule has 0 radical (unpaired) electrons. The van der Waals surface area contributed by atoms with E-state index in [2.05, 4.69) is 75.2 Å². The predicted molar refractivity (Wildman–Crippen MR) is 89.9 cm³/mol. The number of benzene rings is 2. The lowest BCUT2D eigenvalue weighted by Crippen LogP contribution is -2.09. The molecule has 1 aliphatic rings. The lowest BCUT2D eigenvalue weighted by Gasteiger charge is -2.20. The van der Waals surface area contributed by atoms with Crippen molar-refractivity contribution >= 4 is 31.9 Å². The third-order valence-electron chi connectivity index (χ3n) is 3.73. The molecular weight excluding hydrogens is 380 g/mol. The zero-order valence-corrected chi connectivity index (χ0v) is 14.5. The van der Waals surface area contributed by atoms with Gasteiger partial charge in [-0.05, 0) is 60.2 Å². The smallest absolute Gasteiger partial charge is 0.122 e. The van der Waals surface area contributed by atoms with Gasteiger partial charge in [0, 0.05) is 4.47 Å². The fourth-order valence-electron chi connectivity index (χ4n) is 2.64. The van der Waals surface area contributed by atoms with Crippen molar-refractivity contribution in [3.8, 4) is 5.75 Å². The van der Waals surface area contributed by atoms with Crippen LogP contribution >= 0.6 is 31.9 Å². The van der Waals surface area contributed by atoms with Gasteiger partial charge in [-0.15, -0.1) is 0 Å². The van der Waals surface area contributed by atoms with Crippen molar-refractivity contribution in [1.29, 1.82) is 0 Å². The van der Waals surface area contributed by atoms with E-state index in [0.717, 1.165) is 29.7 Å². The summed E-state index contributed by atoms with van der Waals surface area (Å²) in [7, 11) is 0. The zero-order chi connectivity index (χ0) is 14.1. The van der Waals surface area contributed by atoms with Crippen molar-refractivity contribution in [2.45, 2.75) is 24.6 Å². The van der Waals surface area contributed by atoms with Crippen LogP contribution in [0.5, 0.6) is 5.75 Å². The van der Waals surface area contributed by atoms with Gasteiger partial charge in [0.2, 0.25) is 0 Å². The average Bonchev–Trinajstić information content (AvgIpc) is 2.46. The highest BCUT2D eigenvalue weighted by Gasteiger charge is 2.16. The minimum Gasteiger partial charge on any atom is -0.493 e. The predicted octanol–water partition coefficient (Wildman–Crippen LogP) is 5.57. The Kier molecular flexibility index (Phi) is 4.18. The Labute approximate surface area is 136 Å². The normalized spacial score (nSPS) is 15.3. The Morgan fingerprint density at radius 3 is 2.80 bits per heavy atom. The molecule has 1 atom stereocenters. The van der Waals surface area contributed by atoms with Gasteiger partial charge < -0.3 is 4.74 Å². The molecule has 1 heterocycles. The molecule has 0 saturated heterocycles. The first kappa shape index (κ1) is 14.2. The SMILES string of the molecule is Cc1cc(Br)ccc1C(Br)c1ccc2c(c1)CCCO2. The highest BCUT2D eigenvalue weighted by molar-refractivity contribution is 9.10. The Morgan fingerprint density at radius 2 is 2.00 bits per heavy atom. The summed E-state index contributed by atoms with van der Waals surface area (Å²) in [5.74, 6) is 1.05. The number of ether oxygens (including phenoxy) is 1. The number of halogens is 2. The monoisotopic (exact) mass is 394 g/mol. The van der Waals surface area contributed by atoms with E-state index in [1.807, 2.05) is 0 Å². The number of fused-ring (bicyclic) bond motifs is 1. The molecule has 3 rings (SSSR count). The summed E-state index contributed by atoms with van der Waals surface area (Å²) >= 11 is 7.36. The standard InChI is InChI=1S/C17H16Br2O/c1-11-9-14(18)5-6-15(11)17(19)13-4-7-16-12(10-13)3-2-8-20-16/h4-7,9-10,17H,2-3,8H2,1H3. The quantitative estimate of drug-likeness (QED) is 0.604. The van der Waals surface area contributed by atoms with Crippen molar-refractivity contribution in [3.05, 3.63) is 63.1 Å². The molecule has 1 unspecified atom stereocenters. The van der Waals surface area contributed by atoms with Gasteiger partial charge in [-0.25, -0.2) is 0 Å². The van der Waals surface area contributed by atoms with Crippen molar-refractivity contribution < 1.29 is 4.74 Å². The molecule has 104 valence electrons. The van der Waals surface area contributed by atoms with Gasteiger partial charge in [-0.1, -0.05) is 50.1 Å². The van der Waals surface area contributed by atoms with Gasteiger partial charge in [-0.3, -0.25) is 0 Å². The largest absolute Gasteiger partial charge is 0.493 e. The molecule has 20 heavy (non-hydrogen) atoms. The van der Waals surface area contributed by atoms with Crippen LogP contribution in [0, 0.1) is 6.92 Å². The van der Waals surface area contributed by atoms with Gasteiger partial charge >= 0.3 is 0 Å². The summed E-state index contributed by atoms with van der Waals surface area (Å²) < 4.78 is 6.80. The van der Waals surface area contributed by atoms with Gasteiger partial charge in [0.05, 0.1) is 11.4 Å². The number of hydrogen-bond donors (Lipinski definition) is 0. The minimum absolute atomic E-state index is 0.225. The molecule has 0 fully saturated rings. The number of rotatable bonds is 2. The fraction of sp³-hybridized carbons (Fsp3) is 0.294. The summed E-state index contributed by atoms with van der Waals surface area (Å²) in [5.41, 5.74) is 5.22. The molecule has 3 heteroatoms. The van der Waals surface area contributed by atoms with E-state index >= 15 is 0 Å². The molecule has 2 aromatic carbocycles. The maximum Gasteiger partial charge on any atom is 0.122 e. The maximum absolute atomic E-state index is 5.68. The van der Waals surface area contributed by atoms with Crippen LogP contribution in [-0.2, 0) is 6.42 Å². The zero-order valence-electron chi connectivity index (χ0n) is 11.3. The number of aryl methyl sites for hydroxylation is 2. The third kappa shape index (κ3) is 2.79. The lowest BCUT2D eigenvalue weighted by molar-refractivity contribution is 0.288. The van der Waals surface area contributed by atoms with Crippen molar-refractivity contribution in [2.24, 2.45) is 0 Å². The fourth-order valence-corrected chi connectivity index (χ4v) is 3.92. The first-order valence-electron chi connectivity index (χ1n) is 6.81. The average molecular weight is 396 g/mol. The van der Waals surface area contributed by atoms with E-state index in [1.165, 1.54) is 22.3 Å². The summed E-state index contributed by atoms with van der Waals surface area (Å²) in [5, 5.41) is 0. The van der Waals surface area contributed by atoms with Crippen LogP contribution in [-0.4, -0.2) is 6.61 Å². The van der Waals surface area contributed by atoms with Crippen LogP contribution in [0.3, 0.4) is 0 Å². The van der Waals surface area contributed by atoms with E-state index in [1.54, 1.807) is 0 Å². The second-order valence-electron chi connectivity index (χ2n) is 5.18. The van der Waals surface area contributed by atoms with Crippen LogP contribution in [0.1, 0.15) is 33.5 Å². The van der Waals surface area contributed by atoms with Gasteiger partial charge in [-0.2, -0.15) is 0 Å². The van der Waals surface area contributed by atoms with Crippen molar-refractivity contribution in [2.75, 3.05) is 6.61 Å². The molecule has 2 aromatic rings. The Bertz CT molecular complexity index is 637. The minimum atomic E-state index is 0.225. The van der Waals surface area contributed by atoms with E-state index in [4.69, 9.17) is 4.74 Å². The van der Waals surface area contributed by atoms with Gasteiger partial charge in [0.25, 0.3) is 0 Å². The van der Waals surface area contributed by atoms with Gasteiger partial charge in [0.1, 0.15) is 5.75 Å². The summed E-state index contributed by atoms with van der Waals surface area (Å²) in [6.07, 6.45) is 2.23. The number of hydrogen-bond acceptors (Lipinski definition) is 1. The molecule has 0 bridgehead atoms. The first-order valence-corrected chi connectivity index (χ1v) is 8.52. The van der Waals surface area contributed by atoms with Crippen LogP contribution in [0.15, 0.2) is 40.9 Å². The van der Waals surface area contributed by atoms with Crippen LogP contribution in [0.25, 0.3) is 0 Å². The summed E-state index contributed by atoms with van der Waals surface area (Å²) in [6.45, 7) is 2.99. The second-order valence-corrected chi connectivity index (χ2v) is 7.01. The molecule has 0 amide bonds. The van der Waals surface area contributed by atoms with E-state index in [0.29, 0.717) is 0 Å². The van der Waals surface area contributed by atoms with Crippen LogP contribution < -0.4 is 4.74 Å². The molecular formula is C17H16Br2O. The highest BCUT2D eigenvalue weighted by atomic mass is 79.9. The molecule has 0 aliphatic carbocycles. The Balaban J connectivity index is 1.95. The Morgan fingerprint density at radius 1 is 1.15 bits per heavy atom. The molecule has 0 aromatic heterocycles. The third-order valence-corrected chi connectivity index (χ3v) is 5.25. The van der Waals surface area contributed by atoms with Crippen LogP contribution in [0.2, 0.25) is 0 Å². The molecule has 0 spiro atoms. The molecule has 0 saturated carbocycles. The molecule has 1 aliphatic heterocycles. The van der Waals surface area contributed by atoms with E-state index < -0.39 is 0 Å². The second kappa shape index (κ2) is 5.90. The molecule has 0 N–H and O–H groups in total. The van der Waals surface area contributed by atoms with Crippen LogP contribution in [0.4, 0.5) is 0 Å². The summed E-state index contributed by atoms with van der Waals surface area (Å²) in [4.78, 5) is 0.225. The topological polar surface area (TPSA) is 9.23 Å². The van der Waals surface area contributed by atoms with E-state index in [9.17, 15) is 0 Å². The van der Waals surface area contributed by atoms with E-state index in [-0.39, 0.29) is 4.83 Å². The van der Waals surface area contributed by atoms with Gasteiger partial charge in [0.15, 0.2) is 0 Å². The first-order chi connectivity index (χ1) is 9.65.